The van der Waals surface area contributed by atoms with E-state index in [1.807, 2.05) is 0 Å². The van der Waals surface area contributed by atoms with Crippen molar-refractivity contribution in [3.05, 3.63) is 59.8 Å². The van der Waals surface area contributed by atoms with Crippen molar-refractivity contribution >= 4 is 44.2 Å². The minimum absolute atomic E-state index is 0.0985. The maximum absolute atomic E-state index is 15.9. The average Bonchev–Trinajstić information content (AvgIpc) is 3.15. The molecule has 4 aromatic rings. The summed E-state index contributed by atoms with van der Waals surface area (Å²) >= 11 is 6.13. The molecule has 178 valence electrons. The predicted octanol–water partition coefficient (Wildman–Crippen LogP) is 3.82. The van der Waals surface area contributed by atoms with Crippen LogP contribution in [0.25, 0.3) is 22.2 Å². The molecule has 0 unspecified atom stereocenters. The molecule has 0 radical (unpaired) electrons. The number of sulfonamides is 1. The number of ether oxygens (including phenoxy) is 2. The van der Waals surface area contributed by atoms with Gasteiger partial charge in [0.25, 0.3) is 10.0 Å². The van der Waals surface area contributed by atoms with E-state index in [4.69, 9.17) is 26.8 Å². The van der Waals surface area contributed by atoms with Crippen molar-refractivity contribution in [2.24, 2.45) is 7.05 Å². The van der Waals surface area contributed by atoms with Gasteiger partial charge < -0.3 is 19.8 Å². The zero-order valence-electron chi connectivity index (χ0n) is 18.5. The SMILES string of the molecule is COCN(c1cccc(-c2cn(C)c3ncnc(N)c23)c1F)S(=O)(=O)c1ccc(OC)c(Cl)c1. The second kappa shape index (κ2) is 9.09. The number of halogens is 2. The number of hydrogen-bond acceptors (Lipinski definition) is 7. The molecule has 0 spiro atoms. The fraction of sp³-hybridized carbons (Fsp3) is 0.182. The molecule has 0 saturated carbocycles. The van der Waals surface area contributed by atoms with E-state index in [1.54, 1.807) is 23.9 Å². The summed E-state index contributed by atoms with van der Waals surface area (Å²) in [6.45, 7) is -0.437. The van der Waals surface area contributed by atoms with Crippen molar-refractivity contribution < 1.29 is 22.3 Å². The molecule has 2 aromatic heterocycles. The van der Waals surface area contributed by atoms with E-state index in [2.05, 4.69) is 9.97 Å². The fourth-order valence-electron chi connectivity index (χ4n) is 3.68. The molecular weight excluding hydrogens is 485 g/mol. The van der Waals surface area contributed by atoms with Crippen LogP contribution in [0.3, 0.4) is 0 Å². The molecule has 0 aliphatic rings. The number of hydrogen-bond donors (Lipinski definition) is 1. The van der Waals surface area contributed by atoms with Gasteiger partial charge in [0.1, 0.15) is 30.3 Å². The van der Waals surface area contributed by atoms with Crippen molar-refractivity contribution in [2.75, 3.05) is 31.0 Å². The third-order valence-electron chi connectivity index (χ3n) is 5.28. The maximum atomic E-state index is 15.9. The molecule has 2 heterocycles. The quantitative estimate of drug-likeness (QED) is 0.380. The first-order valence-electron chi connectivity index (χ1n) is 9.90. The minimum Gasteiger partial charge on any atom is -0.495 e. The van der Waals surface area contributed by atoms with Gasteiger partial charge >= 0.3 is 0 Å². The van der Waals surface area contributed by atoms with E-state index < -0.39 is 22.6 Å². The van der Waals surface area contributed by atoms with E-state index in [-0.39, 0.29) is 27.0 Å². The Morgan fingerprint density at radius 3 is 2.62 bits per heavy atom. The Labute approximate surface area is 200 Å². The summed E-state index contributed by atoms with van der Waals surface area (Å²) < 4.78 is 55.6. The number of aromatic nitrogens is 3. The number of rotatable bonds is 7. The van der Waals surface area contributed by atoms with Gasteiger partial charge in [-0.25, -0.2) is 27.1 Å². The van der Waals surface area contributed by atoms with Crippen molar-refractivity contribution in [1.29, 1.82) is 0 Å². The summed E-state index contributed by atoms with van der Waals surface area (Å²) in [5.74, 6) is -0.291. The van der Waals surface area contributed by atoms with Crippen LogP contribution >= 0.6 is 11.6 Å². The topological polar surface area (TPSA) is 113 Å². The van der Waals surface area contributed by atoms with Gasteiger partial charge in [0.15, 0.2) is 5.82 Å². The summed E-state index contributed by atoms with van der Waals surface area (Å²) in [5, 5.41) is 0.561. The second-order valence-corrected chi connectivity index (χ2v) is 9.59. The molecule has 0 aliphatic carbocycles. The van der Waals surface area contributed by atoms with E-state index in [1.165, 1.54) is 50.9 Å². The van der Waals surface area contributed by atoms with Gasteiger partial charge in [-0.05, 0) is 24.3 Å². The Morgan fingerprint density at radius 2 is 1.94 bits per heavy atom. The first-order chi connectivity index (χ1) is 16.2. The van der Waals surface area contributed by atoms with E-state index in [0.717, 1.165) is 4.31 Å². The van der Waals surface area contributed by atoms with Crippen LogP contribution in [-0.2, 0) is 21.8 Å². The lowest BCUT2D eigenvalue weighted by molar-refractivity contribution is 0.209. The van der Waals surface area contributed by atoms with Gasteiger partial charge in [0.05, 0.1) is 28.1 Å². The first kappa shape index (κ1) is 23.7. The lowest BCUT2D eigenvalue weighted by Gasteiger charge is -2.25. The largest absolute Gasteiger partial charge is 0.495 e. The normalized spacial score (nSPS) is 11.7. The highest BCUT2D eigenvalue weighted by atomic mass is 35.5. The Kier molecular flexibility index (Phi) is 6.34. The highest BCUT2D eigenvalue weighted by Gasteiger charge is 2.29. The molecule has 9 nitrogen and oxygen atoms in total. The standard InChI is InChI=1S/C22H21ClFN5O4S/c1-28-10-15(19-21(25)26-11-27-22(19)28)14-5-4-6-17(20(14)24)29(12-32-2)34(30,31)13-7-8-18(33-3)16(23)9-13/h4-11H,12H2,1-3H3,(H2,25,26,27). The second-order valence-electron chi connectivity index (χ2n) is 7.32. The lowest BCUT2D eigenvalue weighted by Crippen LogP contribution is -2.33. The molecule has 4 rings (SSSR count). The number of benzene rings is 2. The highest BCUT2D eigenvalue weighted by Crippen LogP contribution is 2.38. The minimum atomic E-state index is -4.26. The summed E-state index contributed by atoms with van der Waals surface area (Å²) in [6, 6.07) is 8.42. The zero-order valence-corrected chi connectivity index (χ0v) is 20.1. The predicted molar refractivity (Wildman–Crippen MR) is 128 cm³/mol. The van der Waals surface area contributed by atoms with Crippen LogP contribution in [0.4, 0.5) is 15.9 Å². The Hall–Kier alpha value is -3.41. The average molecular weight is 506 g/mol. The molecule has 2 aromatic carbocycles. The number of nitrogens with two attached hydrogens (primary N) is 1. The van der Waals surface area contributed by atoms with Crippen LogP contribution in [0.5, 0.6) is 5.75 Å². The van der Waals surface area contributed by atoms with Gasteiger partial charge in [-0.15, -0.1) is 0 Å². The number of anilines is 2. The molecule has 0 fully saturated rings. The van der Waals surface area contributed by atoms with Crippen LogP contribution in [0.15, 0.2) is 53.8 Å². The number of methoxy groups -OCH3 is 2. The van der Waals surface area contributed by atoms with Crippen molar-refractivity contribution in [3.8, 4) is 16.9 Å². The van der Waals surface area contributed by atoms with Crippen molar-refractivity contribution in [1.82, 2.24) is 14.5 Å². The monoisotopic (exact) mass is 505 g/mol. The van der Waals surface area contributed by atoms with Crippen molar-refractivity contribution in [2.45, 2.75) is 4.90 Å². The van der Waals surface area contributed by atoms with Crippen LogP contribution < -0.4 is 14.8 Å². The molecule has 2 N–H and O–H groups in total. The number of nitrogens with zero attached hydrogens (tertiary/aromatic N) is 4. The molecule has 34 heavy (non-hydrogen) atoms. The van der Waals surface area contributed by atoms with E-state index >= 15 is 4.39 Å². The Bertz CT molecular complexity index is 1490. The lowest BCUT2D eigenvalue weighted by atomic mass is 10.0. The summed E-state index contributed by atoms with van der Waals surface area (Å²) in [6.07, 6.45) is 2.98. The molecular formula is C22H21ClFN5O4S. The zero-order chi connectivity index (χ0) is 24.6. The third-order valence-corrected chi connectivity index (χ3v) is 7.30. The van der Waals surface area contributed by atoms with E-state index in [9.17, 15) is 8.42 Å². The summed E-state index contributed by atoms with van der Waals surface area (Å²) in [5.41, 5.74) is 6.92. The smallest absolute Gasteiger partial charge is 0.266 e. The summed E-state index contributed by atoms with van der Waals surface area (Å²) in [4.78, 5) is 8.06. The van der Waals surface area contributed by atoms with Gasteiger partial charge in [0, 0.05) is 31.5 Å². The van der Waals surface area contributed by atoms with Crippen LogP contribution in [0.2, 0.25) is 5.02 Å². The third kappa shape index (κ3) is 3.91. The molecule has 0 saturated heterocycles. The highest BCUT2D eigenvalue weighted by molar-refractivity contribution is 7.92. The molecule has 12 heteroatoms. The van der Waals surface area contributed by atoms with Gasteiger partial charge in [0.2, 0.25) is 0 Å². The van der Waals surface area contributed by atoms with Gasteiger partial charge in [-0.3, -0.25) is 0 Å². The Morgan fingerprint density at radius 1 is 1.18 bits per heavy atom. The van der Waals surface area contributed by atoms with Gasteiger partial charge in [-0.1, -0.05) is 23.7 Å². The number of nitrogen functional groups attached to an aromatic ring is 1. The molecule has 0 atom stereocenters. The number of aryl methyl sites for hydroxylation is 1. The van der Waals surface area contributed by atoms with Crippen LogP contribution in [0.1, 0.15) is 0 Å². The molecule has 0 aliphatic heterocycles. The molecule has 0 amide bonds. The molecule has 0 bridgehead atoms. The Balaban J connectivity index is 1.89. The van der Waals surface area contributed by atoms with Gasteiger partial charge in [-0.2, -0.15) is 0 Å². The first-order valence-corrected chi connectivity index (χ1v) is 11.7. The van der Waals surface area contributed by atoms with Crippen LogP contribution in [0, 0.1) is 5.82 Å². The van der Waals surface area contributed by atoms with Crippen LogP contribution in [-0.4, -0.2) is 43.9 Å². The number of fused-ring (bicyclic) bond motifs is 1. The summed E-state index contributed by atoms with van der Waals surface area (Å²) in [7, 11) is 0.217. The van der Waals surface area contributed by atoms with Crippen molar-refractivity contribution in [3.63, 3.8) is 0 Å². The maximum Gasteiger partial charge on any atom is 0.266 e. The fourth-order valence-corrected chi connectivity index (χ4v) is 5.41. The van der Waals surface area contributed by atoms with E-state index in [0.29, 0.717) is 22.3 Å².